The van der Waals surface area contributed by atoms with Crippen LogP contribution in [0.4, 0.5) is 4.39 Å². The molecule has 0 saturated heterocycles. The molecule has 0 spiro atoms. The summed E-state index contributed by atoms with van der Waals surface area (Å²) in [5.41, 5.74) is 0.585. The number of nitrogens with zero attached hydrogens (tertiary/aromatic N) is 1. The van der Waals surface area contributed by atoms with Gasteiger partial charge in [0.15, 0.2) is 0 Å². The lowest BCUT2D eigenvalue weighted by Gasteiger charge is -2.33. The average Bonchev–Trinajstić information content (AvgIpc) is 2.21. The van der Waals surface area contributed by atoms with E-state index in [1.54, 1.807) is 12.1 Å². The Labute approximate surface area is 95.8 Å². The van der Waals surface area contributed by atoms with Gasteiger partial charge in [0.1, 0.15) is 5.82 Å². The summed E-state index contributed by atoms with van der Waals surface area (Å²) >= 11 is 5.86. The van der Waals surface area contributed by atoms with Crippen molar-refractivity contribution in [2.24, 2.45) is 0 Å². The van der Waals surface area contributed by atoms with Crippen LogP contribution < -0.4 is 0 Å². The van der Waals surface area contributed by atoms with Crippen LogP contribution in [0.3, 0.4) is 0 Å². The molecule has 1 rings (SSSR count). The van der Waals surface area contributed by atoms with Gasteiger partial charge in [0, 0.05) is 23.5 Å². The SMILES string of the molecule is CN(Cc1ccccc1F)C(C)(C)CCl. The summed E-state index contributed by atoms with van der Waals surface area (Å²) in [6.45, 7) is 4.66. The maximum absolute atomic E-state index is 13.4. The Morgan fingerprint density at radius 1 is 1.33 bits per heavy atom. The third-order valence-corrected chi connectivity index (χ3v) is 3.38. The summed E-state index contributed by atoms with van der Waals surface area (Å²) in [7, 11) is 1.95. The molecule has 0 aliphatic carbocycles. The van der Waals surface area contributed by atoms with Gasteiger partial charge in [-0.25, -0.2) is 4.39 Å². The van der Waals surface area contributed by atoms with Crippen molar-refractivity contribution in [3.05, 3.63) is 35.6 Å². The molecule has 0 aliphatic heterocycles. The zero-order valence-electron chi connectivity index (χ0n) is 9.43. The highest BCUT2D eigenvalue weighted by Gasteiger charge is 2.22. The Morgan fingerprint density at radius 2 is 1.93 bits per heavy atom. The van der Waals surface area contributed by atoms with Crippen LogP contribution in [0.15, 0.2) is 24.3 Å². The summed E-state index contributed by atoms with van der Waals surface area (Å²) in [5.74, 6) is 0.368. The third-order valence-electron chi connectivity index (χ3n) is 2.73. The van der Waals surface area contributed by atoms with E-state index in [2.05, 4.69) is 4.90 Å². The van der Waals surface area contributed by atoms with Crippen LogP contribution >= 0.6 is 11.6 Å². The van der Waals surface area contributed by atoms with Gasteiger partial charge >= 0.3 is 0 Å². The van der Waals surface area contributed by atoms with E-state index in [0.29, 0.717) is 18.0 Å². The van der Waals surface area contributed by atoms with Gasteiger partial charge in [-0.1, -0.05) is 18.2 Å². The van der Waals surface area contributed by atoms with Gasteiger partial charge in [0.05, 0.1) is 0 Å². The molecule has 0 aromatic heterocycles. The first-order chi connectivity index (χ1) is 6.97. The van der Waals surface area contributed by atoms with Crippen LogP contribution in [0.5, 0.6) is 0 Å². The third kappa shape index (κ3) is 3.18. The van der Waals surface area contributed by atoms with E-state index in [9.17, 15) is 4.39 Å². The van der Waals surface area contributed by atoms with Gasteiger partial charge in [-0.3, -0.25) is 4.90 Å². The molecule has 0 bridgehead atoms. The summed E-state index contributed by atoms with van der Waals surface area (Å²) in [4.78, 5) is 2.05. The van der Waals surface area contributed by atoms with E-state index >= 15 is 0 Å². The second-order valence-electron chi connectivity index (χ2n) is 4.39. The molecule has 15 heavy (non-hydrogen) atoms. The smallest absolute Gasteiger partial charge is 0.127 e. The van der Waals surface area contributed by atoms with Crippen molar-refractivity contribution in [2.75, 3.05) is 12.9 Å². The van der Waals surface area contributed by atoms with Crippen LogP contribution in [-0.2, 0) is 6.54 Å². The monoisotopic (exact) mass is 229 g/mol. The summed E-state index contributed by atoms with van der Waals surface area (Å²) in [5, 5.41) is 0. The minimum absolute atomic E-state index is 0.121. The average molecular weight is 230 g/mol. The maximum Gasteiger partial charge on any atom is 0.127 e. The molecular formula is C12H17ClFN. The largest absolute Gasteiger partial charge is 0.296 e. The Morgan fingerprint density at radius 3 is 2.47 bits per heavy atom. The predicted molar refractivity (Wildman–Crippen MR) is 62.7 cm³/mol. The van der Waals surface area contributed by atoms with Crippen molar-refractivity contribution in [3.8, 4) is 0 Å². The van der Waals surface area contributed by atoms with Gasteiger partial charge in [-0.2, -0.15) is 0 Å². The second kappa shape index (κ2) is 4.95. The Kier molecular flexibility index (Phi) is 4.12. The Bertz CT molecular complexity index is 325. The van der Waals surface area contributed by atoms with Gasteiger partial charge < -0.3 is 0 Å². The fourth-order valence-corrected chi connectivity index (χ4v) is 1.40. The molecule has 1 aromatic carbocycles. The van der Waals surface area contributed by atoms with Crippen molar-refractivity contribution in [1.29, 1.82) is 0 Å². The minimum atomic E-state index is -0.158. The van der Waals surface area contributed by atoms with E-state index in [4.69, 9.17) is 11.6 Å². The number of rotatable bonds is 4. The van der Waals surface area contributed by atoms with Crippen LogP contribution in [0.1, 0.15) is 19.4 Å². The summed E-state index contributed by atoms with van der Waals surface area (Å²) < 4.78 is 13.4. The van der Waals surface area contributed by atoms with Crippen LogP contribution in [0.2, 0.25) is 0 Å². The molecule has 0 unspecified atom stereocenters. The van der Waals surface area contributed by atoms with E-state index < -0.39 is 0 Å². The highest BCUT2D eigenvalue weighted by molar-refractivity contribution is 6.18. The van der Waals surface area contributed by atoms with Crippen molar-refractivity contribution in [3.63, 3.8) is 0 Å². The van der Waals surface area contributed by atoms with Crippen molar-refractivity contribution < 1.29 is 4.39 Å². The molecular weight excluding hydrogens is 213 g/mol. The van der Waals surface area contributed by atoms with Crippen LogP contribution in [0.25, 0.3) is 0 Å². The molecule has 3 heteroatoms. The number of hydrogen-bond donors (Lipinski definition) is 0. The Balaban J connectivity index is 2.75. The fraction of sp³-hybridized carbons (Fsp3) is 0.500. The molecule has 0 aliphatic rings. The number of hydrogen-bond acceptors (Lipinski definition) is 1. The second-order valence-corrected chi connectivity index (χ2v) is 4.66. The quantitative estimate of drug-likeness (QED) is 0.717. The van der Waals surface area contributed by atoms with Gasteiger partial charge in [-0.15, -0.1) is 11.6 Å². The van der Waals surface area contributed by atoms with Crippen LogP contribution in [0, 0.1) is 5.82 Å². The molecule has 0 radical (unpaired) electrons. The normalized spacial score (nSPS) is 12.1. The van der Waals surface area contributed by atoms with E-state index in [-0.39, 0.29) is 11.4 Å². The van der Waals surface area contributed by atoms with Gasteiger partial charge in [-0.05, 0) is 27.0 Å². The molecule has 0 heterocycles. The van der Waals surface area contributed by atoms with Crippen LogP contribution in [-0.4, -0.2) is 23.4 Å². The molecule has 0 fully saturated rings. The van der Waals surface area contributed by atoms with Gasteiger partial charge in [0.25, 0.3) is 0 Å². The molecule has 0 atom stereocenters. The molecule has 1 nitrogen and oxygen atoms in total. The molecule has 0 amide bonds. The molecule has 0 saturated carbocycles. The number of halogens is 2. The number of benzene rings is 1. The molecule has 0 N–H and O–H groups in total. The molecule has 84 valence electrons. The first-order valence-electron chi connectivity index (χ1n) is 4.98. The zero-order valence-corrected chi connectivity index (χ0v) is 10.2. The topological polar surface area (TPSA) is 3.24 Å². The zero-order chi connectivity index (χ0) is 11.5. The predicted octanol–water partition coefficient (Wildman–Crippen LogP) is 3.27. The number of alkyl halides is 1. The van der Waals surface area contributed by atoms with E-state index in [1.807, 2.05) is 27.0 Å². The lowest BCUT2D eigenvalue weighted by atomic mass is 10.1. The fourth-order valence-electron chi connectivity index (χ4n) is 1.20. The van der Waals surface area contributed by atoms with E-state index in [0.717, 1.165) is 0 Å². The first kappa shape index (κ1) is 12.5. The van der Waals surface area contributed by atoms with Crippen molar-refractivity contribution in [1.82, 2.24) is 4.90 Å². The van der Waals surface area contributed by atoms with Crippen molar-refractivity contribution >= 4 is 11.6 Å². The maximum atomic E-state index is 13.4. The standard InChI is InChI=1S/C12H17ClFN/c1-12(2,9-13)15(3)8-10-6-4-5-7-11(10)14/h4-7H,8-9H2,1-3H3. The highest BCUT2D eigenvalue weighted by Crippen LogP contribution is 2.18. The van der Waals surface area contributed by atoms with Gasteiger partial charge in [0.2, 0.25) is 0 Å². The lowest BCUT2D eigenvalue weighted by Crippen LogP contribution is -2.42. The highest BCUT2D eigenvalue weighted by atomic mass is 35.5. The van der Waals surface area contributed by atoms with Crippen molar-refractivity contribution in [2.45, 2.75) is 25.9 Å². The summed E-state index contributed by atoms with van der Waals surface area (Å²) in [6, 6.07) is 6.83. The summed E-state index contributed by atoms with van der Waals surface area (Å²) in [6.07, 6.45) is 0. The minimum Gasteiger partial charge on any atom is -0.296 e. The first-order valence-corrected chi connectivity index (χ1v) is 5.51. The lowest BCUT2D eigenvalue weighted by molar-refractivity contribution is 0.169. The molecule has 1 aromatic rings. The Hall–Kier alpha value is -0.600. The van der Waals surface area contributed by atoms with E-state index in [1.165, 1.54) is 6.07 Å².